The van der Waals surface area contributed by atoms with Crippen molar-refractivity contribution in [1.82, 2.24) is 9.78 Å². The maximum absolute atomic E-state index is 9.73. The van der Waals surface area contributed by atoms with Crippen molar-refractivity contribution in [3.63, 3.8) is 0 Å². The number of hydrogen-bond donors (Lipinski definition) is 1. The zero-order valence-corrected chi connectivity index (χ0v) is 17.4. The van der Waals surface area contributed by atoms with Gasteiger partial charge >= 0.3 is 0 Å². The molecule has 0 unspecified atom stereocenters. The third-order valence-electron chi connectivity index (χ3n) is 4.52. The number of hydrogen-bond acceptors (Lipinski definition) is 5. The third kappa shape index (κ3) is 3.91. The van der Waals surface area contributed by atoms with Gasteiger partial charge < -0.3 is 10.2 Å². The summed E-state index contributed by atoms with van der Waals surface area (Å²) >= 11 is 12.2. The van der Waals surface area contributed by atoms with Gasteiger partial charge in [0.25, 0.3) is 0 Å². The van der Waals surface area contributed by atoms with Crippen molar-refractivity contribution < 1.29 is 4.42 Å². The predicted molar refractivity (Wildman–Crippen MR) is 120 cm³/mol. The van der Waals surface area contributed by atoms with Crippen LogP contribution in [0.3, 0.4) is 0 Å². The number of allylic oxidation sites excluding steroid dienone is 1. The minimum Gasteiger partial charge on any atom is -0.457 e. The number of anilines is 1. The van der Waals surface area contributed by atoms with Crippen LogP contribution >= 0.6 is 23.2 Å². The Morgan fingerprint density at radius 1 is 1.06 bits per heavy atom. The fourth-order valence-corrected chi connectivity index (χ4v) is 3.56. The summed E-state index contributed by atoms with van der Waals surface area (Å²) in [6.45, 7) is 0. The number of furan rings is 1. The Morgan fingerprint density at radius 3 is 2.52 bits per heavy atom. The van der Waals surface area contributed by atoms with Gasteiger partial charge in [0.05, 0.1) is 16.3 Å². The zero-order valence-electron chi connectivity index (χ0n) is 15.9. The van der Waals surface area contributed by atoms with E-state index in [4.69, 9.17) is 33.4 Å². The highest BCUT2D eigenvalue weighted by atomic mass is 35.5. The molecule has 2 heterocycles. The average Bonchev–Trinajstić information content (AvgIpc) is 3.36. The maximum atomic E-state index is 9.73. The number of nitrogens with two attached hydrogens (primary N) is 1. The van der Waals surface area contributed by atoms with Gasteiger partial charge in [-0.05, 0) is 42.5 Å². The lowest BCUT2D eigenvalue weighted by Gasteiger charge is -2.02. The van der Waals surface area contributed by atoms with Crippen LogP contribution in [0, 0.1) is 22.7 Å². The Balaban J connectivity index is 1.76. The van der Waals surface area contributed by atoms with Gasteiger partial charge in [0.1, 0.15) is 40.7 Å². The Hall–Kier alpha value is -3.97. The molecule has 0 fully saturated rings. The zero-order chi connectivity index (χ0) is 22.0. The fraction of sp³-hybridized carbons (Fsp3) is 0. The standard InChI is InChI=1S/C23H13Cl2N5O/c24-15-6-8-18(20(25)11-15)21-9-7-17(31-21)10-14(12-26)22-19(13-27)23(28)30(29-22)16-4-2-1-3-5-16/h1-11H,28H2/b14-10+. The number of halogens is 2. The summed E-state index contributed by atoms with van der Waals surface area (Å²) in [5.74, 6) is 1.06. The molecule has 31 heavy (non-hydrogen) atoms. The average molecular weight is 446 g/mol. The van der Waals surface area contributed by atoms with E-state index in [9.17, 15) is 10.5 Å². The molecule has 0 atom stereocenters. The molecule has 6 nitrogen and oxygen atoms in total. The lowest BCUT2D eigenvalue weighted by atomic mass is 10.1. The number of benzene rings is 2. The molecule has 8 heteroatoms. The smallest absolute Gasteiger partial charge is 0.145 e. The van der Waals surface area contributed by atoms with E-state index in [1.54, 1.807) is 42.5 Å². The van der Waals surface area contributed by atoms with Gasteiger partial charge in [0.2, 0.25) is 0 Å². The van der Waals surface area contributed by atoms with Gasteiger partial charge in [-0.25, -0.2) is 4.68 Å². The van der Waals surface area contributed by atoms with E-state index in [0.29, 0.717) is 32.8 Å². The van der Waals surface area contributed by atoms with E-state index in [1.165, 1.54) is 10.8 Å². The Bertz CT molecular complexity index is 1390. The summed E-state index contributed by atoms with van der Waals surface area (Å²) in [4.78, 5) is 0. The molecule has 2 aromatic heterocycles. The van der Waals surface area contributed by atoms with Crippen LogP contribution in [0.15, 0.2) is 65.1 Å². The summed E-state index contributed by atoms with van der Waals surface area (Å²) < 4.78 is 7.27. The lowest BCUT2D eigenvalue weighted by Crippen LogP contribution is -2.02. The minimum atomic E-state index is 0.115. The van der Waals surface area contributed by atoms with Crippen LogP contribution in [-0.4, -0.2) is 9.78 Å². The summed E-state index contributed by atoms with van der Waals surface area (Å²) in [6, 6.07) is 21.7. The number of para-hydroxylation sites is 1. The Kier molecular flexibility index (Phi) is 5.51. The van der Waals surface area contributed by atoms with Crippen molar-refractivity contribution in [3.05, 3.63) is 87.7 Å². The number of aromatic nitrogens is 2. The Labute approximate surface area is 188 Å². The molecular formula is C23H13Cl2N5O. The van der Waals surface area contributed by atoms with Crippen LogP contribution in [0.4, 0.5) is 5.82 Å². The number of rotatable bonds is 4. The van der Waals surface area contributed by atoms with E-state index >= 15 is 0 Å². The molecule has 0 saturated carbocycles. The van der Waals surface area contributed by atoms with Crippen molar-refractivity contribution in [1.29, 1.82) is 10.5 Å². The topological polar surface area (TPSA) is 105 Å². The van der Waals surface area contributed by atoms with Crippen LogP contribution in [0.25, 0.3) is 28.7 Å². The fourth-order valence-electron chi connectivity index (χ4n) is 3.06. The number of nitriles is 2. The molecule has 0 aliphatic rings. The minimum absolute atomic E-state index is 0.115. The molecule has 4 rings (SSSR count). The van der Waals surface area contributed by atoms with Gasteiger partial charge in [-0.3, -0.25) is 0 Å². The van der Waals surface area contributed by atoms with Crippen molar-refractivity contribution in [2.75, 3.05) is 5.73 Å². The Morgan fingerprint density at radius 2 is 1.84 bits per heavy atom. The van der Waals surface area contributed by atoms with Crippen molar-refractivity contribution >= 4 is 40.7 Å². The summed E-state index contributed by atoms with van der Waals surface area (Å²) in [7, 11) is 0. The molecule has 4 aromatic rings. The first-order chi connectivity index (χ1) is 15.0. The second-order valence-electron chi connectivity index (χ2n) is 6.46. The molecule has 2 N–H and O–H groups in total. The van der Waals surface area contributed by atoms with Crippen molar-refractivity contribution in [3.8, 4) is 29.1 Å². The largest absolute Gasteiger partial charge is 0.457 e. The highest BCUT2D eigenvalue weighted by Crippen LogP contribution is 2.33. The number of nitrogens with zero attached hydrogens (tertiary/aromatic N) is 4. The van der Waals surface area contributed by atoms with Gasteiger partial charge in [-0.1, -0.05) is 41.4 Å². The van der Waals surface area contributed by atoms with Gasteiger partial charge in [-0.15, -0.1) is 0 Å². The maximum Gasteiger partial charge on any atom is 0.145 e. The molecule has 0 aliphatic heterocycles. The van der Waals surface area contributed by atoms with E-state index in [1.807, 2.05) is 24.3 Å². The second-order valence-corrected chi connectivity index (χ2v) is 7.31. The number of nitrogen functional groups attached to an aromatic ring is 1. The van der Waals surface area contributed by atoms with E-state index in [0.717, 1.165) is 0 Å². The molecule has 0 amide bonds. The summed E-state index contributed by atoms with van der Waals surface area (Å²) in [5.41, 5.74) is 7.91. The first-order valence-corrected chi connectivity index (χ1v) is 9.79. The molecular weight excluding hydrogens is 433 g/mol. The second kappa shape index (κ2) is 8.41. The summed E-state index contributed by atoms with van der Waals surface area (Å²) in [6.07, 6.45) is 1.51. The normalized spacial score (nSPS) is 11.2. The molecule has 0 aliphatic carbocycles. The van der Waals surface area contributed by atoms with Crippen LogP contribution in [0.1, 0.15) is 17.0 Å². The van der Waals surface area contributed by atoms with Gasteiger partial charge in [0, 0.05) is 16.7 Å². The lowest BCUT2D eigenvalue weighted by molar-refractivity contribution is 0.572. The van der Waals surface area contributed by atoms with E-state index < -0.39 is 0 Å². The molecule has 0 saturated heterocycles. The van der Waals surface area contributed by atoms with E-state index in [2.05, 4.69) is 11.2 Å². The SMILES string of the molecule is N#C/C(=C\c1ccc(-c2ccc(Cl)cc2Cl)o1)c1nn(-c2ccccc2)c(N)c1C#N. The third-order valence-corrected chi connectivity index (χ3v) is 5.07. The first kappa shape index (κ1) is 20.3. The van der Waals surface area contributed by atoms with Crippen molar-refractivity contribution in [2.24, 2.45) is 0 Å². The van der Waals surface area contributed by atoms with Crippen LogP contribution in [0.5, 0.6) is 0 Å². The highest BCUT2D eigenvalue weighted by molar-refractivity contribution is 6.36. The van der Waals surface area contributed by atoms with Crippen LogP contribution in [-0.2, 0) is 0 Å². The molecule has 0 bridgehead atoms. The van der Waals surface area contributed by atoms with Crippen LogP contribution in [0.2, 0.25) is 10.0 Å². The van der Waals surface area contributed by atoms with E-state index in [-0.39, 0.29) is 22.6 Å². The molecule has 0 spiro atoms. The predicted octanol–water partition coefficient (Wildman–Crippen LogP) is 5.96. The molecule has 150 valence electrons. The van der Waals surface area contributed by atoms with Crippen LogP contribution < -0.4 is 5.73 Å². The van der Waals surface area contributed by atoms with Gasteiger partial charge in [-0.2, -0.15) is 15.6 Å². The monoisotopic (exact) mass is 445 g/mol. The first-order valence-electron chi connectivity index (χ1n) is 9.03. The highest BCUT2D eigenvalue weighted by Gasteiger charge is 2.20. The van der Waals surface area contributed by atoms with Crippen molar-refractivity contribution in [2.45, 2.75) is 0 Å². The molecule has 0 radical (unpaired) electrons. The molecule has 2 aromatic carbocycles. The summed E-state index contributed by atoms with van der Waals surface area (Å²) in [5, 5.41) is 24.7. The van der Waals surface area contributed by atoms with Gasteiger partial charge in [0.15, 0.2) is 0 Å². The quantitative estimate of drug-likeness (QED) is 0.390.